The standard InChI is InChI=1S/C17H20ClFN4O/c1-11(12-4-5-15(19)14(18)9-12)21-17(24)16-6-8-23(22-16)13-3-2-7-20-10-13/h4-6,8-9,11,13,20H,2-3,7,10H2,1H3,(H,21,24). The van der Waals surface area contributed by atoms with Crippen LogP contribution in [0.4, 0.5) is 4.39 Å². The summed E-state index contributed by atoms with van der Waals surface area (Å²) in [6.07, 6.45) is 4.00. The Labute approximate surface area is 145 Å². The van der Waals surface area contributed by atoms with Crippen LogP contribution < -0.4 is 10.6 Å². The van der Waals surface area contributed by atoms with Gasteiger partial charge in [0.2, 0.25) is 0 Å². The van der Waals surface area contributed by atoms with E-state index in [9.17, 15) is 9.18 Å². The maximum atomic E-state index is 13.2. The van der Waals surface area contributed by atoms with E-state index in [-0.39, 0.29) is 23.0 Å². The number of hydrogen-bond donors (Lipinski definition) is 2. The third-order valence-electron chi connectivity index (χ3n) is 4.28. The Hall–Kier alpha value is -1.92. The fourth-order valence-corrected chi connectivity index (χ4v) is 3.05. The first-order chi connectivity index (χ1) is 11.5. The molecule has 5 nitrogen and oxygen atoms in total. The minimum Gasteiger partial charge on any atom is -0.344 e. The highest BCUT2D eigenvalue weighted by molar-refractivity contribution is 6.30. The minimum atomic E-state index is -0.473. The summed E-state index contributed by atoms with van der Waals surface area (Å²) >= 11 is 5.79. The van der Waals surface area contributed by atoms with Crippen LogP contribution in [0.25, 0.3) is 0 Å². The van der Waals surface area contributed by atoms with Crippen molar-refractivity contribution in [3.05, 3.63) is 52.6 Å². The first-order valence-electron chi connectivity index (χ1n) is 8.06. The summed E-state index contributed by atoms with van der Waals surface area (Å²) in [7, 11) is 0. The highest BCUT2D eigenvalue weighted by atomic mass is 35.5. The Morgan fingerprint density at radius 1 is 1.50 bits per heavy atom. The topological polar surface area (TPSA) is 59.0 Å². The van der Waals surface area contributed by atoms with Crippen molar-refractivity contribution in [2.24, 2.45) is 0 Å². The molecule has 0 saturated carbocycles. The van der Waals surface area contributed by atoms with Gasteiger partial charge in [0.1, 0.15) is 11.5 Å². The van der Waals surface area contributed by atoms with Gasteiger partial charge in [0.25, 0.3) is 5.91 Å². The number of nitrogens with zero attached hydrogens (tertiary/aromatic N) is 2. The summed E-state index contributed by atoms with van der Waals surface area (Å²) in [5.41, 5.74) is 1.12. The van der Waals surface area contributed by atoms with Gasteiger partial charge < -0.3 is 10.6 Å². The van der Waals surface area contributed by atoms with E-state index in [1.807, 2.05) is 17.8 Å². The van der Waals surface area contributed by atoms with Crippen LogP contribution in [0.15, 0.2) is 30.5 Å². The van der Waals surface area contributed by atoms with Crippen LogP contribution >= 0.6 is 11.6 Å². The predicted octanol–water partition coefficient (Wildman–Crippen LogP) is 3.09. The lowest BCUT2D eigenvalue weighted by Crippen LogP contribution is -2.32. The zero-order chi connectivity index (χ0) is 17.1. The van der Waals surface area contributed by atoms with E-state index in [1.54, 1.807) is 12.1 Å². The summed E-state index contributed by atoms with van der Waals surface area (Å²) in [5, 5.41) is 10.6. The largest absolute Gasteiger partial charge is 0.344 e. The van der Waals surface area contributed by atoms with Gasteiger partial charge in [0.05, 0.1) is 17.1 Å². The number of carbonyl (C=O) groups excluding carboxylic acids is 1. The Bertz CT molecular complexity index is 727. The average Bonchev–Trinajstić information content (AvgIpc) is 3.08. The SMILES string of the molecule is CC(NC(=O)c1ccn(C2CCCNC2)n1)c1ccc(F)c(Cl)c1. The molecule has 7 heteroatoms. The minimum absolute atomic E-state index is 0.0441. The highest BCUT2D eigenvalue weighted by Crippen LogP contribution is 2.21. The van der Waals surface area contributed by atoms with Crippen LogP contribution in [0.5, 0.6) is 0 Å². The molecule has 0 aliphatic carbocycles. The van der Waals surface area contributed by atoms with E-state index in [2.05, 4.69) is 15.7 Å². The summed E-state index contributed by atoms with van der Waals surface area (Å²) in [6, 6.07) is 6.14. The van der Waals surface area contributed by atoms with Crippen LogP contribution in [0.2, 0.25) is 5.02 Å². The van der Waals surface area contributed by atoms with Crippen LogP contribution in [0, 0.1) is 5.82 Å². The second-order valence-electron chi connectivity index (χ2n) is 6.05. The quantitative estimate of drug-likeness (QED) is 0.890. The number of hydrogen-bond acceptors (Lipinski definition) is 3. The average molecular weight is 351 g/mol. The van der Waals surface area contributed by atoms with Gasteiger partial charge in [-0.05, 0) is 50.1 Å². The fraction of sp³-hybridized carbons (Fsp3) is 0.412. The molecule has 2 heterocycles. The van der Waals surface area contributed by atoms with Crippen molar-refractivity contribution < 1.29 is 9.18 Å². The van der Waals surface area contributed by atoms with Crippen molar-refractivity contribution in [3.63, 3.8) is 0 Å². The van der Waals surface area contributed by atoms with Gasteiger partial charge >= 0.3 is 0 Å². The molecule has 1 amide bonds. The van der Waals surface area contributed by atoms with Gasteiger partial charge in [-0.1, -0.05) is 17.7 Å². The lowest BCUT2D eigenvalue weighted by Gasteiger charge is -2.22. The molecule has 1 aromatic heterocycles. The number of aromatic nitrogens is 2. The second-order valence-corrected chi connectivity index (χ2v) is 6.46. The number of nitrogens with one attached hydrogen (secondary N) is 2. The van der Waals surface area contributed by atoms with Crippen molar-refractivity contribution in [1.29, 1.82) is 0 Å². The molecule has 2 aromatic rings. The second kappa shape index (κ2) is 7.32. The highest BCUT2D eigenvalue weighted by Gasteiger charge is 2.19. The normalized spacial score (nSPS) is 19.0. The third-order valence-corrected chi connectivity index (χ3v) is 4.57. The lowest BCUT2D eigenvalue weighted by molar-refractivity contribution is 0.0933. The number of halogens is 2. The fourth-order valence-electron chi connectivity index (χ4n) is 2.86. The van der Waals surface area contributed by atoms with Gasteiger partial charge in [-0.15, -0.1) is 0 Å². The Morgan fingerprint density at radius 2 is 2.33 bits per heavy atom. The molecular weight excluding hydrogens is 331 g/mol. The zero-order valence-corrected chi connectivity index (χ0v) is 14.2. The molecule has 1 saturated heterocycles. The van der Waals surface area contributed by atoms with Gasteiger partial charge in [0.15, 0.2) is 0 Å². The summed E-state index contributed by atoms with van der Waals surface area (Å²) in [4.78, 5) is 12.4. The first kappa shape index (κ1) is 16.9. The molecule has 2 unspecified atom stereocenters. The molecule has 3 rings (SSSR count). The maximum Gasteiger partial charge on any atom is 0.272 e. The smallest absolute Gasteiger partial charge is 0.272 e. The van der Waals surface area contributed by atoms with E-state index in [1.165, 1.54) is 12.1 Å². The van der Waals surface area contributed by atoms with Gasteiger partial charge in [-0.2, -0.15) is 5.10 Å². The molecule has 24 heavy (non-hydrogen) atoms. The molecule has 128 valence electrons. The molecule has 0 bridgehead atoms. The number of carbonyl (C=O) groups is 1. The maximum absolute atomic E-state index is 13.2. The Morgan fingerprint density at radius 3 is 3.04 bits per heavy atom. The van der Waals surface area contributed by atoms with Crippen molar-refractivity contribution in [3.8, 4) is 0 Å². The van der Waals surface area contributed by atoms with E-state index >= 15 is 0 Å². The summed E-state index contributed by atoms with van der Waals surface area (Å²) in [6.45, 7) is 3.72. The van der Waals surface area contributed by atoms with Crippen molar-refractivity contribution in [2.45, 2.75) is 31.8 Å². The van der Waals surface area contributed by atoms with E-state index in [0.717, 1.165) is 31.5 Å². The number of amides is 1. The first-order valence-corrected chi connectivity index (χ1v) is 8.44. The van der Waals surface area contributed by atoms with Crippen molar-refractivity contribution >= 4 is 17.5 Å². The lowest BCUT2D eigenvalue weighted by atomic mass is 10.1. The predicted molar refractivity (Wildman–Crippen MR) is 90.7 cm³/mol. The molecule has 2 N–H and O–H groups in total. The third kappa shape index (κ3) is 3.76. The number of benzene rings is 1. The van der Waals surface area contributed by atoms with E-state index < -0.39 is 5.82 Å². The van der Waals surface area contributed by atoms with E-state index in [0.29, 0.717) is 5.69 Å². The molecule has 0 radical (unpaired) electrons. The van der Waals surface area contributed by atoms with Gasteiger partial charge in [0, 0.05) is 12.7 Å². The number of piperidine rings is 1. The Kier molecular flexibility index (Phi) is 5.16. The molecule has 2 atom stereocenters. The van der Waals surface area contributed by atoms with Crippen LogP contribution in [-0.4, -0.2) is 28.8 Å². The molecule has 1 fully saturated rings. The summed E-state index contributed by atoms with van der Waals surface area (Å²) < 4.78 is 15.1. The molecule has 1 aliphatic heterocycles. The van der Waals surface area contributed by atoms with E-state index in [4.69, 9.17) is 11.6 Å². The van der Waals surface area contributed by atoms with Crippen molar-refractivity contribution in [2.75, 3.05) is 13.1 Å². The van der Waals surface area contributed by atoms with Crippen LogP contribution in [-0.2, 0) is 0 Å². The van der Waals surface area contributed by atoms with Crippen LogP contribution in [0.3, 0.4) is 0 Å². The van der Waals surface area contributed by atoms with Crippen molar-refractivity contribution in [1.82, 2.24) is 20.4 Å². The van der Waals surface area contributed by atoms with Gasteiger partial charge in [-0.25, -0.2) is 4.39 Å². The molecule has 1 aliphatic rings. The Balaban J connectivity index is 1.66. The molecule has 0 spiro atoms. The molecule has 1 aromatic carbocycles. The zero-order valence-electron chi connectivity index (χ0n) is 13.4. The summed E-state index contributed by atoms with van der Waals surface area (Å²) in [5.74, 6) is -0.732. The van der Waals surface area contributed by atoms with Gasteiger partial charge in [-0.3, -0.25) is 9.48 Å². The van der Waals surface area contributed by atoms with Crippen LogP contribution in [0.1, 0.15) is 47.9 Å². The monoisotopic (exact) mass is 350 g/mol. The molecular formula is C17H20ClFN4O. The number of rotatable bonds is 4.